The van der Waals surface area contributed by atoms with E-state index in [2.05, 4.69) is 111 Å². The van der Waals surface area contributed by atoms with E-state index < -0.39 is 5.60 Å². The van der Waals surface area contributed by atoms with Gasteiger partial charge in [0.05, 0.1) is 26.9 Å². The van der Waals surface area contributed by atoms with Crippen LogP contribution in [0.2, 0.25) is 0 Å². The predicted molar refractivity (Wildman–Crippen MR) is 217 cm³/mol. The topological polar surface area (TPSA) is 60.4 Å². The second-order valence-corrected chi connectivity index (χ2v) is 17.3. The lowest BCUT2D eigenvalue weighted by Gasteiger charge is -2.52. The first-order valence-electron chi connectivity index (χ1n) is 19.5. The molecule has 5 aromatic rings. The van der Waals surface area contributed by atoms with Gasteiger partial charge in [0.2, 0.25) is 0 Å². The Morgan fingerprint density at radius 3 is 2.09 bits per heavy atom. The molecule has 6 heteroatoms. The summed E-state index contributed by atoms with van der Waals surface area (Å²) in [5.74, 6) is 2.42. The molecule has 1 atom stereocenters. The third-order valence-corrected chi connectivity index (χ3v) is 12.3. The Balaban J connectivity index is 1.33. The van der Waals surface area contributed by atoms with E-state index in [0.717, 1.165) is 67.2 Å². The lowest BCUT2D eigenvalue weighted by atomic mass is 9.52. The summed E-state index contributed by atoms with van der Waals surface area (Å²) in [7, 11) is 1.70. The van der Waals surface area contributed by atoms with Crippen molar-refractivity contribution in [2.24, 2.45) is 10.8 Å². The fourth-order valence-corrected chi connectivity index (χ4v) is 10.9. The Bertz CT molecular complexity index is 2230. The Morgan fingerprint density at radius 1 is 0.759 bits per heavy atom. The number of ether oxygens (including phenoxy) is 4. The van der Waals surface area contributed by atoms with Crippen LogP contribution in [-0.2, 0) is 15.8 Å². The van der Waals surface area contributed by atoms with Gasteiger partial charge in [0.25, 0.3) is 0 Å². The van der Waals surface area contributed by atoms with Crippen molar-refractivity contribution in [1.29, 1.82) is 0 Å². The molecule has 278 valence electrons. The first kappa shape index (κ1) is 35.0. The van der Waals surface area contributed by atoms with Crippen LogP contribution in [0, 0.1) is 10.8 Å². The van der Waals surface area contributed by atoms with Gasteiger partial charge in [-0.3, -0.25) is 0 Å². The Morgan fingerprint density at radius 2 is 1.43 bits per heavy atom. The Hall–Kier alpha value is -4.78. The highest BCUT2D eigenvalue weighted by Gasteiger charge is 2.55. The number of hydrogen-bond donors (Lipinski definition) is 1. The summed E-state index contributed by atoms with van der Waals surface area (Å²) in [6, 6.07) is 32.6. The molecular formula is C48H51NO5. The molecule has 2 aliphatic carbocycles. The van der Waals surface area contributed by atoms with Crippen LogP contribution in [0.1, 0.15) is 74.8 Å². The van der Waals surface area contributed by atoms with Crippen molar-refractivity contribution in [2.45, 2.75) is 58.0 Å². The number of methoxy groups -OCH3 is 1. The van der Waals surface area contributed by atoms with Crippen molar-refractivity contribution < 1.29 is 24.1 Å². The van der Waals surface area contributed by atoms with Crippen LogP contribution in [0.4, 0.5) is 5.69 Å². The molecule has 54 heavy (non-hydrogen) atoms. The zero-order valence-corrected chi connectivity index (χ0v) is 32.2. The number of aliphatic hydroxyl groups excluding tert-OH is 1. The van der Waals surface area contributed by atoms with Gasteiger partial charge in [-0.05, 0) is 106 Å². The molecule has 2 heterocycles. The molecule has 9 rings (SSSR count). The Kier molecular flexibility index (Phi) is 8.36. The summed E-state index contributed by atoms with van der Waals surface area (Å²) in [6.07, 6.45) is 7.96. The highest BCUT2D eigenvalue weighted by Crippen LogP contribution is 2.67. The van der Waals surface area contributed by atoms with E-state index in [1.807, 2.05) is 24.3 Å². The molecule has 6 nitrogen and oxygen atoms in total. The second-order valence-electron chi connectivity index (χ2n) is 17.3. The average molecular weight is 722 g/mol. The van der Waals surface area contributed by atoms with Gasteiger partial charge in [-0.1, -0.05) is 82.3 Å². The van der Waals surface area contributed by atoms with Crippen molar-refractivity contribution >= 4 is 22.5 Å². The number of rotatable bonds is 7. The zero-order chi connectivity index (χ0) is 37.3. The van der Waals surface area contributed by atoms with Crippen LogP contribution >= 0.6 is 0 Å². The normalized spacial score (nSPS) is 21.6. The molecule has 1 spiro atoms. The first-order chi connectivity index (χ1) is 26.1. The number of nitrogens with zero attached hydrogens (tertiary/aromatic N) is 1. The van der Waals surface area contributed by atoms with Gasteiger partial charge in [-0.15, -0.1) is 0 Å². The van der Waals surface area contributed by atoms with E-state index in [4.69, 9.17) is 18.9 Å². The third kappa shape index (κ3) is 5.60. The van der Waals surface area contributed by atoms with Crippen LogP contribution in [0.3, 0.4) is 0 Å². The number of benzene rings is 5. The summed E-state index contributed by atoms with van der Waals surface area (Å²) < 4.78 is 24.9. The fraction of sp³-hybridized carbons (Fsp3) is 0.375. The maximum Gasteiger partial charge on any atom is 0.178 e. The maximum atomic E-state index is 9.39. The van der Waals surface area contributed by atoms with Crippen molar-refractivity contribution in [2.75, 3.05) is 51.5 Å². The van der Waals surface area contributed by atoms with Gasteiger partial charge in [0, 0.05) is 46.3 Å². The van der Waals surface area contributed by atoms with Crippen molar-refractivity contribution in [1.82, 2.24) is 0 Å². The minimum Gasteiger partial charge on any atom is -0.497 e. The van der Waals surface area contributed by atoms with Crippen LogP contribution in [0.5, 0.6) is 17.2 Å². The number of morpholine rings is 1. The summed E-state index contributed by atoms with van der Waals surface area (Å²) in [6.45, 7) is 13.3. The number of anilines is 1. The molecule has 5 aromatic carbocycles. The molecule has 1 saturated carbocycles. The van der Waals surface area contributed by atoms with Crippen LogP contribution < -0.4 is 19.1 Å². The van der Waals surface area contributed by atoms with Gasteiger partial charge in [-0.25, -0.2) is 0 Å². The van der Waals surface area contributed by atoms with Gasteiger partial charge < -0.3 is 29.0 Å². The van der Waals surface area contributed by atoms with Crippen molar-refractivity contribution in [3.05, 3.63) is 125 Å². The average Bonchev–Trinajstić information content (AvgIpc) is 3.44. The van der Waals surface area contributed by atoms with Crippen LogP contribution in [0.15, 0.2) is 97.1 Å². The minimum atomic E-state index is -0.928. The standard InChI is InChI=1S/C48H51NO5/c1-45(2)29-46(3,4)31-47(30-45)41-9-7-6-8-38(41)42-40-28-34(49-22-25-52-26-23-49)14-19-37(40)44-39(43(42)47)20-21-48(54-44,32-10-15-35(51-5)16-11-32)33-12-17-36(18-13-33)53-27-24-50/h6-21,28,50H,22-27,29-31H2,1-5H3. The van der Waals surface area contributed by atoms with Gasteiger partial charge in [0.1, 0.15) is 23.9 Å². The summed E-state index contributed by atoms with van der Waals surface area (Å²) in [4.78, 5) is 2.46. The number of hydrogen-bond acceptors (Lipinski definition) is 6. The predicted octanol–water partition coefficient (Wildman–Crippen LogP) is 9.91. The van der Waals surface area contributed by atoms with Gasteiger partial charge >= 0.3 is 0 Å². The first-order valence-corrected chi connectivity index (χ1v) is 19.5. The summed E-state index contributed by atoms with van der Waals surface area (Å²) in [5.41, 5.74) is 9.16. The minimum absolute atomic E-state index is 0.0372. The highest BCUT2D eigenvalue weighted by atomic mass is 16.5. The molecule has 2 fully saturated rings. The highest BCUT2D eigenvalue weighted by molar-refractivity contribution is 6.09. The number of aliphatic hydroxyl groups is 1. The zero-order valence-electron chi connectivity index (χ0n) is 32.2. The van der Waals surface area contributed by atoms with E-state index in [0.29, 0.717) is 5.75 Å². The van der Waals surface area contributed by atoms with Crippen LogP contribution in [0.25, 0.3) is 28.0 Å². The molecule has 2 aliphatic heterocycles. The fourth-order valence-electron chi connectivity index (χ4n) is 10.9. The number of fused-ring (bicyclic) bond motifs is 10. The van der Waals surface area contributed by atoms with Crippen molar-refractivity contribution in [3.8, 4) is 28.4 Å². The van der Waals surface area contributed by atoms with E-state index in [1.165, 1.54) is 45.3 Å². The quantitative estimate of drug-likeness (QED) is 0.181. The van der Waals surface area contributed by atoms with Gasteiger partial charge in [0.15, 0.2) is 5.60 Å². The molecule has 1 saturated heterocycles. The molecule has 1 unspecified atom stereocenters. The van der Waals surface area contributed by atoms with E-state index in [-0.39, 0.29) is 29.5 Å². The summed E-state index contributed by atoms with van der Waals surface area (Å²) in [5, 5.41) is 11.7. The molecule has 0 amide bonds. The molecular weight excluding hydrogens is 671 g/mol. The van der Waals surface area contributed by atoms with Crippen molar-refractivity contribution in [3.63, 3.8) is 0 Å². The molecule has 4 aliphatic rings. The van der Waals surface area contributed by atoms with Gasteiger partial charge in [-0.2, -0.15) is 0 Å². The Labute approximate surface area is 319 Å². The molecule has 0 radical (unpaired) electrons. The summed E-state index contributed by atoms with van der Waals surface area (Å²) >= 11 is 0. The second kappa shape index (κ2) is 12.9. The lowest BCUT2D eigenvalue weighted by molar-refractivity contribution is 0.0642. The third-order valence-electron chi connectivity index (χ3n) is 12.3. The molecule has 0 aromatic heterocycles. The van der Waals surface area contributed by atoms with E-state index in [1.54, 1.807) is 7.11 Å². The lowest BCUT2D eigenvalue weighted by Crippen LogP contribution is -2.44. The maximum absolute atomic E-state index is 9.39. The van der Waals surface area contributed by atoms with Crippen LogP contribution in [-0.4, -0.2) is 51.7 Å². The van der Waals surface area contributed by atoms with E-state index >= 15 is 0 Å². The largest absolute Gasteiger partial charge is 0.497 e. The monoisotopic (exact) mass is 721 g/mol. The molecule has 1 N–H and O–H groups in total. The smallest absolute Gasteiger partial charge is 0.178 e. The molecule has 0 bridgehead atoms. The van der Waals surface area contributed by atoms with E-state index in [9.17, 15) is 5.11 Å². The SMILES string of the molecule is COc1ccc(C2(c3ccc(OCCO)cc3)C=Cc3c4c(c5cc(N6CCOCC6)ccc5c3O2)-c2ccccc2C42CC(C)(C)CC(C)(C)C2)cc1.